The van der Waals surface area contributed by atoms with Crippen LogP contribution in [0.25, 0.3) is 0 Å². The van der Waals surface area contributed by atoms with Gasteiger partial charge in [0.1, 0.15) is 5.60 Å². The van der Waals surface area contributed by atoms with Gasteiger partial charge >= 0.3 is 0 Å². The van der Waals surface area contributed by atoms with E-state index in [1.807, 2.05) is 0 Å². The Balaban J connectivity index is 3.47. The zero-order chi connectivity index (χ0) is 19.1. The second kappa shape index (κ2) is 6.75. The zero-order valence-corrected chi connectivity index (χ0v) is 17.7. The van der Waals surface area contributed by atoms with E-state index >= 15 is 0 Å². The fourth-order valence-electron chi connectivity index (χ4n) is 4.26. The predicted octanol–water partition coefficient (Wildman–Crippen LogP) is 4.38. The third kappa shape index (κ3) is 3.01. The fraction of sp³-hybridized carbons (Fsp3) is 0.789. The molecule has 0 aromatic carbocycles. The van der Waals surface area contributed by atoms with Crippen molar-refractivity contribution in [1.29, 1.82) is 0 Å². The molecule has 4 nitrogen and oxygen atoms in total. The molecule has 0 bridgehead atoms. The van der Waals surface area contributed by atoms with Crippen molar-refractivity contribution < 1.29 is 19.1 Å². The first-order valence-electron chi connectivity index (χ1n) is 8.90. The standard InChI is InChI=1S/C19H34O4Si/c1-12(2)24(13(3)4,14(5)6)23-16-10-19(22,11-20)18(8,9)17(21)15(16)7/h11-14,22H,10H2,1-9H3/t19-/m1/s1. The smallest absolute Gasteiger partial charge is 0.258 e. The van der Waals surface area contributed by atoms with Crippen LogP contribution in [0.2, 0.25) is 16.6 Å². The lowest BCUT2D eigenvalue weighted by Gasteiger charge is -2.47. The number of ketones is 1. The molecule has 0 saturated heterocycles. The maximum atomic E-state index is 12.8. The number of carbonyl (C=O) groups excluding carboxylic acids is 2. The minimum Gasteiger partial charge on any atom is -0.545 e. The normalized spacial score (nSPS) is 25.0. The molecule has 0 fully saturated rings. The maximum Gasteiger partial charge on any atom is 0.258 e. The molecular formula is C19H34O4Si. The van der Waals surface area contributed by atoms with Crippen molar-refractivity contribution in [2.45, 2.75) is 91.0 Å². The summed E-state index contributed by atoms with van der Waals surface area (Å²) >= 11 is 0. The van der Waals surface area contributed by atoms with Crippen LogP contribution in [0.15, 0.2) is 11.3 Å². The topological polar surface area (TPSA) is 63.6 Å². The molecule has 24 heavy (non-hydrogen) atoms. The lowest BCUT2D eigenvalue weighted by Crippen LogP contribution is -2.56. The Morgan fingerprint density at radius 3 is 1.83 bits per heavy atom. The van der Waals surface area contributed by atoms with E-state index in [0.717, 1.165) is 0 Å². The summed E-state index contributed by atoms with van der Waals surface area (Å²) in [5.74, 6) is 0.300. The Labute approximate surface area is 147 Å². The van der Waals surface area contributed by atoms with Gasteiger partial charge in [-0.15, -0.1) is 0 Å². The van der Waals surface area contributed by atoms with Gasteiger partial charge in [0.05, 0.1) is 11.2 Å². The highest BCUT2D eigenvalue weighted by Gasteiger charge is 2.55. The molecule has 5 heteroatoms. The molecule has 1 rings (SSSR count). The fourth-order valence-corrected chi connectivity index (χ4v) is 9.62. The van der Waals surface area contributed by atoms with E-state index in [0.29, 0.717) is 34.2 Å². The molecule has 0 aromatic rings. The number of rotatable bonds is 6. The quantitative estimate of drug-likeness (QED) is 0.568. The summed E-state index contributed by atoms with van der Waals surface area (Å²) in [7, 11) is -2.25. The van der Waals surface area contributed by atoms with E-state index in [2.05, 4.69) is 41.5 Å². The Morgan fingerprint density at radius 2 is 1.50 bits per heavy atom. The molecule has 0 radical (unpaired) electrons. The molecule has 0 saturated carbocycles. The van der Waals surface area contributed by atoms with Crippen LogP contribution in [-0.4, -0.2) is 31.1 Å². The first kappa shape index (κ1) is 21.1. The van der Waals surface area contributed by atoms with Gasteiger partial charge in [0.25, 0.3) is 8.32 Å². The summed E-state index contributed by atoms with van der Waals surface area (Å²) in [6.45, 7) is 18.0. The molecule has 138 valence electrons. The van der Waals surface area contributed by atoms with Crippen molar-refractivity contribution in [2.24, 2.45) is 5.41 Å². The van der Waals surface area contributed by atoms with E-state index in [1.54, 1.807) is 20.8 Å². The predicted molar refractivity (Wildman–Crippen MR) is 99.3 cm³/mol. The Kier molecular flexibility index (Phi) is 5.94. The van der Waals surface area contributed by atoms with Crippen molar-refractivity contribution >= 4 is 20.4 Å². The molecule has 1 atom stereocenters. The average Bonchev–Trinajstić information content (AvgIpc) is 2.46. The van der Waals surface area contributed by atoms with Crippen LogP contribution in [0.1, 0.15) is 68.7 Å². The molecule has 0 spiro atoms. The second-order valence-corrected chi connectivity index (χ2v) is 14.0. The van der Waals surface area contributed by atoms with E-state index in [1.165, 1.54) is 0 Å². The maximum absolute atomic E-state index is 12.8. The van der Waals surface area contributed by atoms with Crippen LogP contribution in [0.5, 0.6) is 0 Å². The Morgan fingerprint density at radius 1 is 1.08 bits per heavy atom. The van der Waals surface area contributed by atoms with Gasteiger partial charge < -0.3 is 14.3 Å². The number of allylic oxidation sites excluding steroid dienone is 1. The molecule has 0 heterocycles. The second-order valence-electron chi connectivity index (χ2n) is 8.64. The summed E-state index contributed by atoms with van der Waals surface area (Å²) in [4.78, 5) is 24.4. The lowest BCUT2D eigenvalue weighted by atomic mass is 9.65. The highest BCUT2D eigenvalue weighted by atomic mass is 28.4. The van der Waals surface area contributed by atoms with Crippen LogP contribution < -0.4 is 0 Å². The van der Waals surface area contributed by atoms with Crippen LogP contribution >= 0.6 is 0 Å². The van der Waals surface area contributed by atoms with Gasteiger partial charge in [-0.3, -0.25) is 4.79 Å². The highest BCUT2D eigenvalue weighted by Crippen LogP contribution is 2.48. The summed E-state index contributed by atoms with van der Waals surface area (Å²) < 4.78 is 6.62. The number of Topliss-reactive ketones (excluding diaryl/α,β-unsaturated/α-hetero) is 1. The third-order valence-electron chi connectivity index (χ3n) is 6.04. The van der Waals surface area contributed by atoms with Crippen LogP contribution in [0.3, 0.4) is 0 Å². The van der Waals surface area contributed by atoms with Gasteiger partial charge in [-0.05, 0) is 37.4 Å². The molecular weight excluding hydrogens is 320 g/mol. The van der Waals surface area contributed by atoms with Crippen molar-refractivity contribution in [1.82, 2.24) is 0 Å². The van der Waals surface area contributed by atoms with Crippen molar-refractivity contribution in [3.63, 3.8) is 0 Å². The number of carbonyl (C=O) groups is 2. The summed E-state index contributed by atoms with van der Waals surface area (Å²) in [5, 5.41) is 10.8. The summed E-state index contributed by atoms with van der Waals surface area (Å²) in [6, 6.07) is 0. The molecule has 1 N–H and O–H groups in total. The first-order chi connectivity index (χ1) is 10.8. The number of aliphatic hydroxyl groups is 1. The SMILES string of the molecule is CC1=C(O[Si](C(C)C)(C(C)C)C(C)C)C[C@@](O)(C=O)C(C)(C)C1=O. The summed E-state index contributed by atoms with van der Waals surface area (Å²) in [6.07, 6.45) is 0.575. The minimum atomic E-state index is -2.25. The number of hydrogen-bond donors (Lipinski definition) is 1. The lowest BCUT2D eigenvalue weighted by molar-refractivity contribution is -0.152. The van der Waals surface area contributed by atoms with Crippen molar-refractivity contribution in [3.05, 3.63) is 11.3 Å². The van der Waals surface area contributed by atoms with E-state index in [4.69, 9.17) is 4.43 Å². The van der Waals surface area contributed by atoms with Crippen LogP contribution in [0.4, 0.5) is 0 Å². The molecule has 0 aromatic heterocycles. The van der Waals surface area contributed by atoms with E-state index < -0.39 is 19.3 Å². The molecule has 0 aliphatic heterocycles. The van der Waals surface area contributed by atoms with Crippen molar-refractivity contribution in [2.75, 3.05) is 0 Å². The van der Waals surface area contributed by atoms with Gasteiger partial charge in [0.2, 0.25) is 0 Å². The average molecular weight is 355 g/mol. The summed E-state index contributed by atoms with van der Waals surface area (Å²) in [5.41, 5.74) is -1.25. The largest absolute Gasteiger partial charge is 0.545 e. The highest BCUT2D eigenvalue weighted by molar-refractivity contribution is 6.77. The molecule has 0 amide bonds. The van der Waals surface area contributed by atoms with Gasteiger partial charge in [-0.1, -0.05) is 41.5 Å². The van der Waals surface area contributed by atoms with Crippen LogP contribution in [-0.2, 0) is 14.0 Å². The minimum absolute atomic E-state index is 0.0714. The Hall–Kier alpha value is -0.943. The molecule has 1 aliphatic rings. The van der Waals surface area contributed by atoms with Gasteiger partial charge in [-0.25, -0.2) is 0 Å². The number of aldehydes is 1. The third-order valence-corrected chi connectivity index (χ3v) is 12.1. The van der Waals surface area contributed by atoms with Crippen molar-refractivity contribution in [3.8, 4) is 0 Å². The zero-order valence-electron chi connectivity index (χ0n) is 16.7. The Bertz CT molecular complexity index is 524. The first-order valence-corrected chi connectivity index (χ1v) is 11.0. The monoisotopic (exact) mass is 354 g/mol. The molecule has 0 unspecified atom stereocenters. The van der Waals surface area contributed by atoms with Gasteiger partial charge in [-0.2, -0.15) is 0 Å². The van der Waals surface area contributed by atoms with E-state index in [-0.39, 0.29) is 12.2 Å². The number of hydrogen-bond acceptors (Lipinski definition) is 4. The van der Waals surface area contributed by atoms with E-state index in [9.17, 15) is 14.7 Å². The van der Waals surface area contributed by atoms with Crippen LogP contribution in [0, 0.1) is 5.41 Å². The molecule has 1 aliphatic carbocycles. The van der Waals surface area contributed by atoms with Gasteiger partial charge in [0, 0.05) is 12.0 Å². The van der Waals surface area contributed by atoms with Gasteiger partial charge in [0.15, 0.2) is 12.1 Å².